The van der Waals surface area contributed by atoms with Gasteiger partial charge in [0.05, 0.1) is 31.8 Å². The summed E-state index contributed by atoms with van der Waals surface area (Å²) in [6.45, 7) is 0. The first-order valence-electron chi connectivity index (χ1n) is 5.56. The van der Waals surface area contributed by atoms with Crippen molar-refractivity contribution in [3.63, 3.8) is 0 Å². The molecule has 1 aromatic heterocycles. The summed E-state index contributed by atoms with van der Waals surface area (Å²) in [5, 5.41) is 1.05. The third-order valence-corrected chi connectivity index (χ3v) is 3.90. The van der Waals surface area contributed by atoms with E-state index >= 15 is 0 Å². The van der Waals surface area contributed by atoms with Gasteiger partial charge in [-0.15, -0.1) is 0 Å². The monoisotopic (exact) mass is 329 g/mol. The number of nitrogens with two attached hydrogens (primary N) is 1. The number of rotatable bonds is 1. The van der Waals surface area contributed by atoms with Gasteiger partial charge in [0.2, 0.25) is 5.95 Å². The van der Waals surface area contributed by atoms with Crippen LogP contribution in [0.3, 0.4) is 0 Å². The molecule has 20 heavy (non-hydrogen) atoms. The summed E-state index contributed by atoms with van der Waals surface area (Å²) in [5.74, 6) is -0.201. The third kappa shape index (κ3) is 2.10. The lowest BCUT2D eigenvalue weighted by Gasteiger charge is -2.10. The van der Waals surface area contributed by atoms with Gasteiger partial charge in [-0.3, -0.25) is 4.57 Å². The molecule has 102 valence electrons. The van der Waals surface area contributed by atoms with Gasteiger partial charge in [-0.25, -0.2) is 9.37 Å². The van der Waals surface area contributed by atoms with Gasteiger partial charge >= 0.3 is 0 Å². The van der Waals surface area contributed by atoms with Crippen LogP contribution < -0.4 is 5.73 Å². The minimum atomic E-state index is -0.387. The lowest BCUT2D eigenvalue weighted by molar-refractivity contribution is 0.629. The van der Waals surface area contributed by atoms with Gasteiger partial charge in [0, 0.05) is 6.07 Å². The van der Waals surface area contributed by atoms with Crippen LogP contribution in [-0.2, 0) is 0 Å². The molecule has 0 radical (unpaired) electrons. The number of hydrogen-bond acceptors (Lipinski definition) is 2. The van der Waals surface area contributed by atoms with E-state index in [9.17, 15) is 4.39 Å². The second kappa shape index (κ2) is 4.81. The van der Waals surface area contributed by atoms with Crippen LogP contribution in [0.15, 0.2) is 30.3 Å². The molecule has 0 aliphatic heterocycles. The molecule has 0 aliphatic carbocycles. The molecule has 3 rings (SSSR count). The summed E-state index contributed by atoms with van der Waals surface area (Å²) >= 11 is 18.1. The van der Waals surface area contributed by atoms with Crippen molar-refractivity contribution in [1.29, 1.82) is 0 Å². The molecular formula is C13H7Cl3FN3. The second-order valence-corrected chi connectivity index (χ2v) is 5.38. The van der Waals surface area contributed by atoms with Crippen LogP contribution in [0, 0.1) is 5.82 Å². The largest absolute Gasteiger partial charge is 0.369 e. The first kappa shape index (κ1) is 13.5. The van der Waals surface area contributed by atoms with E-state index in [1.165, 1.54) is 18.2 Å². The molecule has 7 heteroatoms. The summed E-state index contributed by atoms with van der Waals surface area (Å²) in [5.41, 5.74) is 7.49. The Morgan fingerprint density at radius 2 is 1.70 bits per heavy atom. The molecule has 0 atom stereocenters. The highest BCUT2D eigenvalue weighted by Crippen LogP contribution is 2.34. The van der Waals surface area contributed by atoms with Gasteiger partial charge in [-0.05, 0) is 24.3 Å². The normalized spacial score (nSPS) is 11.2. The molecule has 0 saturated carbocycles. The summed E-state index contributed by atoms with van der Waals surface area (Å²) in [6.07, 6.45) is 0. The molecule has 0 spiro atoms. The number of nitrogens with zero attached hydrogens (tertiary/aromatic N) is 2. The SMILES string of the molecule is Nc1nc2cc(F)ccc2n1-c1cc(Cl)c(Cl)cc1Cl. The number of anilines is 1. The average Bonchev–Trinajstić information content (AvgIpc) is 2.69. The number of fused-ring (bicyclic) bond motifs is 1. The lowest BCUT2D eigenvalue weighted by atomic mass is 10.2. The zero-order valence-electron chi connectivity index (χ0n) is 9.87. The fourth-order valence-corrected chi connectivity index (χ4v) is 2.63. The van der Waals surface area contributed by atoms with Crippen LogP contribution in [0.1, 0.15) is 0 Å². The average molecular weight is 331 g/mol. The molecule has 1 heterocycles. The van der Waals surface area contributed by atoms with E-state index in [0.717, 1.165) is 0 Å². The molecule has 0 amide bonds. The summed E-state index contributed by atoms with van der Waals surface area (Å²) < 4.78 is 14.8. The maximum atomic E-state index is 13.2. The Balaban J connectivity index is 2.35. The van der Waals surface area contributed by atoms with Crippen LogP contribution in [0.4, 0.5) is 10.3 Å². The van der Waals surface area contributed by atoms with Gasteiger partial charge in [0.25, 0.3) is 0 Å². The molecule has 0 bridgehead atoms. The van der Waals surface area contributed by atoms with E-state index < -0.39 is 0 Å². The smallest absolute Gasteiger partial charge is 0.205 e. The Labute approximate surface area is 128 Å². The maximum absolute atomic E-state index is 13.2. The van der Waals surface area contributed by atoms with Crippen LogP contribution in [0.2, 0.25) is 15.1 Å². The van der Waals surface area contributed by atoms with Crippen molar-refractivity contribution in [2.24, 2.45) is 0 Å². The molecule has 0 fully saturated rings. The molecule has 3 nitrogen and oxygen atoms in total. The minimum absolute atomic E-state index is 0.186. The van der Waals surface area contributed by atoms with Crippen molar-refractivity contribution >= 4 is 51.8 Å². The fourth-order valence-electron chi connectivity index (χ4n) is 2.01. The van der Waals surface area contributed by atoms with Crippen molar-refractivity contribution in [1.82, 2.24) is 9.55 Å². The van der Waals surface area contributed by atoms with Crippen LogP contribution in [0.25, 0.3) is 16.7 Å². The number of nitrogen functional groups attached to an aromatic ring is 1. The molecule has 3 aromatic rings. The number of aromatic nitrogens is 2. The van der Waals surface area contributed by atoms with Gasteiger partial charge in [0.1, 0.15) is 5.82 Å². The Hall–Kier alpha value is -1.49. The van der Waals surface area contributed by atoms with Crippen molar-refractivity contribution in [2.45, 2.75) is 0 Å². The fraction of sp³-hybridized carbons (Fsp3) is 0. The number of halogens is 4. The van der Waals surface area contributed by atoms with Crippen molar-refractivity contribution in [3.8, 4) is 5.69 Å². The first-order valence-corrected chi connectivity index (χ1v) is 6.69. The third-order valence-electron chi connectivity index (χ3n) is 2.87. The van der Waals surface area contributed by atoms with Crippen LogP contribution in [-0.4, -0.2) is 9.55 Å². The van der Waals surface area contributed by atoms with Gasteiger partial charge in [-0.2, -0.15) is 0 Å². The Morgan fingerprint density at radius 1 is 1.00 bits per heavy atom. The molecular weight excluding hydrogens is 324 g/mol. The summed E-state index contributed by atoms with van der Waals surface area (Å²) in [6, 6.07) is 7.31. The molecule has 0 aliphatic rings. The topological polar surface area (TPSA) is 43.8 Å². The van der Waals surface area contributed by atoms with Gasteiger partial charge in [0.15, 0.2) is 0 Å². The zero-order valence-corrected chi connectivity index (χ0v) is 12.1. The second-order valence-electron chi connectivity index (χ2n) is 4.16. The van der Waals surface area contributed by atoms with Crippen molar-refractivity contribution in [2.75, 3.05) is 5.73 Å². The van der Waals surface area contributed by atoms with E-state index in [2.05, 4.69) is 4.98 Å². The molecule has 0 unspecified atom stereocenters. The van der Waals surface area contributed by atoms with Gasteiger partial charge in [-0.1, -0.05) is 34.8 Å². The summed E-state index contributed by atoms with van der Waals surface area (Å²) in [4.78, 5) is 4.11. The molecule has 2 N–H and O–H groups in total. The first-order chi connectivity index (χ1) is 9.47. The van der Waals surface area contributed by atoms with Crippen molar-refractivity contribution < 1.29 is 4.39 Å². The summed E-state index contributed by atoms with van der Waals surface area (Å²) in [7, 11) is 0. The Kier molecular flexibility index (Phi) is 3.24. The van der Waals surface area contributed by atoms with Crippen LogP contribution >= 0.6 is 34.8 Å². The highest BCUT2D eigenvalue weighted by atomic mass is 35.5. The van der Waals surface area contributed by atoms with E-state index in [-0.39, 0.29) is 11.8 Å². The number of hydrogen-bond donors (Lipinski definition) is 1. The van der Waals surface area contributed by atoms with E-state index in [4.69, 9.17) is 40.5 Å². The van der Waals surface area contributed by atoms with Gasteiger partial charge < -0.3 is 5.73 Å². The minimum Gasteiger partial charge on any atom is -0.369 e. The maximum Gasteiger partial charge on any atom is 0.205 e. The molecule has 0 saturated heterocycles. The molecule has 2 aromatic carbocycles. The van der Waals surface area contributed by atoms with Crippen molar-refractivity contribution in [3.05, 3.63) is 51.2 Å². The highest BCUT2D eigenvalue weighted by Gasteiger charge is 2.15. The van der Waals surface area contributed by atoms with Crippen LogP contribution in [0.5, 0.6) is 0 Å². The Morgan fingerprint density at radius 3 is 2.45 bits per heavy atom. The van der Waals surface area contributed by atoms with E-state index in [1.54, 1.807) is 16.7 Å². The zero-order chi connectivity index (χ0) is 14.4. The predicted molar refractivity (Wildman–Crippen MR) is 80.5 cm³/mol. The van der Waals surface area contributed by atoms with E-state index in [1.807, 2.05) is 0 Å². The standard InChI is InChI=1S/C13H7Cl3FN3/c14-7-4-9(16)12(5-8(7)15)20-11-2-1-6(17)3-10(11)19-13(20)18/h1-5H,(H2,18,19). The Bertz CT molecular complexity index is 829. The highest BCUT2D eigenvalue weighted by molar-refractivity contribution is 6.43. The predicted octanol–water partition coefficient (Wildman–Crippen LogP) is 4.71. The quantitative estimate of drug-likeness (QED) is 0.657. The number of benzene rings is 2. The lowest BCUT2D eigenvalue weighted by Crippen LogP contribution is -2.01. The van der Waals surface area contributed by atoms with E-state index in [0.29, 0.717) is 31.8 Å². The number of imidazole rings is 1.